The Morgan fingerprint density at radius 1 is 1.33 bits per heavy atom. The number of nitriles is 1. The normalized spacial score (nSPS) is 10.0. The van der Waals surface area contributed by atoms with Gasteiger partial charge in [-0.1, -0.05) is 35.3 Å². The van der Waals surface area contributed by atoms with E-state index in [2.05, 4.69) is 16.3 Å². The summed E-state index contributed by atoms with van der Waals surface area (Å²) in [7, 11) is 1.63. The highest BCUT2D eigenvalue weighted by molar-refractivity contribution is 6.34. The van der Waals surface area contributed by atoms with Crippen LogP contribution in [0.5, 0.6) is 0 Å². The number of hydrogen-bond acceptors (Lipinski definition) is 4. The number of carbonyl (C=O) groups is 1. The third kappa shape index (κ3) is 3.69. The van der Waals surface area contributed by atoms with Gasteiger partial charge in [0.2, 0.25) is 0 Å². The van der Waals surface area contributed by atoms with Crippen molar-refractivity contribution in [3.05, 3.63) is 57.3 Å². The van der Waals surface area contributed by atoms with Crippen LogP contribution >= 0.6 is 23.2 Å². The van der Waals surface area contributed by atoms with E-state index in [-0.39, 0.29) is 21.8 Å². The van der Waals surface area contributed by atoms with Crippen LogP contribution in [0.3, 0.4) is 0 Å². The van der Waals surface area contributed by atoms with Crippen LogP contribution in [-0.4, -0.2) is 28.1 Å². The van der Waals surface area contributed by atoms with E-state index in [4.69, 9.17) is 28.5 Å². The fraction of sp³-hybridized carbons (Fsp3) is 0.143. The molecule has 0 aliphatic rings. The topological polar surface area (TPSA) is 69.9 Å². The molecule has 0 saturated heterocycles. The Bertz CT molecular complexity index is 727. The van der Waals surface area contributed by atoms with Crippen molar-refractivity contribution in [3.63, 3.8) is 0 Å². The van der Waals surface area contributed by atoms with Gasteiger partial charge in [0.25, 0.3) is 5.91 Å². The van der Waals surface area contributed by atoms with Gasteiger partial charge in [-0.2, -0.15) is 5.26 Å². The maximum absolute atomic E-state index is 12.3. The maximum Gasteiger partial charge on any atom is 0.257 e. The Labute approximate surface area is 131 Å². The molecule has 21 heavy (non-hydrogen) atoms. The van der Waals surface area contributed by atoms with Gasteiger partial charge >= 0.3 is 0 Å². The zero-order chi connectivity index (χ0) is 15.4. The minimum Gasteiger partial charge on any atom is -0.337 e. The van der Waals surface area contributed by atoms with Crippen LogP contribution in [0, 0.1) is 11.3 Å². The molecule has 0 N–H and O–H groups in total. The van der Waals surface area contributed by atoms with Crippen LogP contribution in [0.2, 0.25) is 10.3 Å². The van der Waals surface area contributed by atoms with Gasteiger partial charge in [0, 0.05) is 13.6 Å². The molecule has 0 aliphatic heterocycles. The quantitative estimate of drug-likeness (QED) is 0.871. The first kappa shape index (κ1) is 15.2. The number of carbonyl (C=O) groups excluding carboxylic acids is 1. The van der Waals surface area contributed by atoms with E-state index in [1.807, 2.05) is 6.07 Å². The number of amides is 1. The van der Waals surface area contributed by atoms with Gasteiger partial charge in [0.15, 0.2) is 10.3 Å². The van der Waals surface area contributed by atoms with Crippen LogP contribution in [0.4, 0.5) is 0 Å². The number of aromatic nitrogens is 2. The first-order valence-corrected chi connectivity index (χ1v) is 6.70. The Kier molecular flexibility index (Phi) is 4.73. The summed E-state index contributed by atoms with van der Waals surface area (Å²) in [6.45, 7) is 0.338. The molecule has 0 spiro atoms. The zero-order valence-corrected chi connectivity index (χ0v) is 12.6. The summed E-state index contributed by atoms with van der Waals surface area (Å²) in [5, 5.41) is 16.1. The van der Waals surface area contributed by atoms with Gasteiger partial charge in [0.05, 0.1) is 17.2 Å². The van der Waals surface area contributed by atoms with E-state index in [1.54, 1.807) is 25.2 Å². The lowest BCUT2D eigenvalue weighted by molar-refractivity contribution is 0.0784. The van der Waals surface area contributed by atoms with E-state index < -0.39 is 0 Å². The predicted molar refractivity (Wildman–Crippen MR) is 79.0 cm³/mol. The average Bonchev–Trinajstić information content (AvgIpc) is 2.49. The molecule has 0 atom stereocenters. The summed E-state index contributed by atoms with van der Waals surface area (Å²) < 4.78 is 0. The van der Waals surface area contributed by atoms with Crippen LogP contribution in [0.1, 0.15) is 21.5 Å². The average molecular weight is 321 g/mol. The minimum absolute atomic E-state index is 0.00188. The van der Waals surface area contributed by atoms with Crippen molar-refractivity contribution in [1.29, 1.82) is 5.26 Å². The molecular weight excluding hydrogens is 311 g/mol. The first-order valence-electron chi connectivity index (χ1n) is 5.94. The molecule has 106 valence electrons. The van der Waals surface area contributed by atoms with Crippen molar-refractivity contribution < 1.29 is 4.79 Å². The summed E-state index contributed by atoms with van der Waals surface area (Å²) in [4.78, 5) is 13.8. The second kappa shape index (κ2) is 6.53. The lowest BCUT2D eigenvalue weighted by atomic mass is 10.1. The van der Waals surface area contributed by atoms with Crippen molar-refractivity contribution in [1.82, 2.24) is 15.1 Å². The molecule has 1 amide bonds. The molecule has 0 saturated carbocycles. The second-order valence-electron chi connectivity index (χ2n) is 4.34. The van der Waals surface area contributed by atoms with Crippen molar-refractivity contribution in [2.75, 3.05) is 7.05 Å². The van der Waals surface area contributed by atoms with Crippen molar-refractivity contribution in [3.8, 4) is 6.07 Å². The molecule has 2 aromatic rings. The smallest absolute Gasteiger partial charge is 0.257 e. The highest BCUT2D eigenvalue weighted by Crippen LogP contribution is 2.18. The third-order valence-electron chi connectivity index (χ3n) is 2.77. The van der Waals surface area contributed by atoms with E-state index in [9.17, 15) is 4.79 Å². The van der Waals surface area contributed by atoms with Gasteiger partial charge in [-0.3, -0.25) is 4.79 Å². The standard InChI is InChI=1S/C14H10Cl2N4O/c1-20(8-10-4-2-3-9(5-10)7-17)14(21)11-6-12(15)18-19-13(11)16/h2-6H,8H2,1H3. The molecule has 0 bridgehead atoms. The summed E-state index contributed by atoms with van der Waals surface area (Å²) in [6, 6.07) is 10.5. The molecule has 0 fully saturated rings. The van der Waals surface area contributed by atoms with Crippen LogP contribution in [0.25, 0.3) is 0 Å². The summed E-state index contributed by atoms with van der Waals surface area (Å²) >= 11 is 11.6. The SMILES string of the molecule is CN(Cc1cccc(C#N)c1)C(=O)c1cc(Cl)nnc1Cl. The molecule has 0 aliphatic carbocycles. The highest BCUT2D eigenvalue weighted by Gasteiger charge is 2.17. The van der Waals surface area contributed by atoms with Crippen LogP contribution in [0.15, 0.2) is 30.3 Å². The summed E-state index contributed by atoms with van der Waals surface area (Å²) in [6.07, 6.45) is 0. The summed E-state index contributed by atoms with van der Waals surface area (Å²) in [5.41, 5.74) is 1.57. The second-order valence-corrected chi connectivity index (χ2v) is 5.09. The number of halogens is 2. The van der Waals surface area contributed by atoms with Crippen LogP contribution in [-0.2, 0) is 6.54 Å². The Morgan fingerprint density at radius 2 is 2.10 bits per heavy atom. The molecule has 1 aromatic carbocycles. The summed E-state index contributed by atoms with van der Waals surface area (Å²) in [5.74, 6) is -0.320. The van der Waals surface area contributed by atoms with Crippen LogP contribution < -0.4 is 0 Å². The van der Waals surface area contributed by atoms with E-state index in [0.29, 0.717) is 12.1 Å². The molecule has 7 heteroatoms. The number of nitrogens with zero attached hydrogens (tertiary/aromatic N) is 4. The van der Waals surface area contributed by atoms with E-state index in [1.165, 1.54) is 11.0 Å². The molecular formula is C14H10Cl2N4O. The number of rotatable bonds is 3. The largest absolute Gasteiger partial charge is 0.337 e. The van der Waals surface area contributed by atoms with E-state index >= 15 is 0 Å². The third-order valence-corrected chi connectivity index (χ3v) is 3.24. The van der Waals surface area contributed by atoms with Crippen molar-refractivity contribution in [2.45, 2.75) is 6.54 Å². The fourth-order valence-electron chi connectivity index (χ4n) is 1.79. The maximum atomic E-state index is 12.3. The Morgan fingerprint density at radius 3 is 2.81 bits per heavy atom. The van der Waals surface area contributed by atoms with E-state index in [0.717, 1.165) is 5.56 Å². The van der Waals surface area contributed by atoms with Gasteiger partial charge in [-0.25, -0.2) is 0 Å². The fourth-order valence-corrected chi connectivity index (χ4v) is 2.11. The highest BCUT2D eigenvalue weighted by atomic mass is 35.5. The minimum atomic E-state index is -0.320. The zero-order valence-electron chi connectivity index (χ0n) is 11.0. The molecule has 0 radical (unpaired) electrons. The predicted octanol–water partition coefficient (Wildman–Crippen LogP) is 2.93. The number of hydrogen-bond donors (Lipinski definition) is 0. The van der Waals surface area contributed by atoms with Gasteiger partial charge in [0.1, 0.15) is 0 Å². The van der Waals surface area contributed by atoms with Gasteiger partial charge in [-0.05, 0) is 23.8 Å². The van der Waals surface area contributed by atoms with Crippen molar-refractivity contribution >= 4 is 29.1 Å². The lowest BCUT2D eigenvalue weighted by Gasteiger charge is -2.17. The monoisotopic (exact) mass is 320 g/mol. The molecule has 5 nitrogen and oxygen atoms in total. The number of benzene rings is 1. The molecule has 1 heterocycles. The van der Waals surface area contributed by atoms with Gasteiger partial charge in [-0.15, -0.1) is 10.2 Å². The molecule has 0 unspecified atom stereocenters. The first-order chi connectivity index (χ1) is 10.0. The van der Waals surface area contributed by atoms with Gasteiger partial charge < -0.3 is 4.90 Å². The van der Waals surface area contributed by atoms with Crippen molar-refractivity contribution in [2.24, 2.45) is 0 Å². The lowest BCUT2D eigenvalue weighted by Crippen LogP contribution is -2.26. The Hall–Kier alpha value is -2.16. The Balaban J connectivity index is 2.19. The molecule has 2 rings (SSSR count). The molecule has 1 aromatic heterocycles.